The molecule has 2 heterocycles. The van der Waals surface area contributed by atoms with E-state index in [-0.39, 0.29) is 23.4 Å². The Balaban J connectivity index is 1.86. The predicted octanol–water partition coefficient (Wildman–Crippen LogP) is 4.37. The number of hydrogen-bond acceptors (Lipinski definition) is 6. The van der Waals surface area contributed by atoms with Gasteiger partial charge in [0.25, 0.3) is 11.7 Å². The van der Waals surface area contributed by atoms with Crippen LogP contribution in [0.2, 0.25) is 0 Å². The largest absolute Gasteiger partial charge is 0.507 e. The van der Waals surface area contributed by atoms with Crippen LogP contribution < -0.4 is 9.47 Å². The van der Waals surface area contributed by atoms with E-state index in [1.54, 1.807) is 37.3 Å². The Bertz CT molecular complexity index is 1240. The molecule has 7 nitrogen and oxygen atoms in total. The number of nitrogens with zero attached hydrogens (tertiary/aromatic N) is 1. The van der Waals surface area contributed by atoms with Gasteiger partial charge in [0.15, 0.2) is 0 Å². The Morgan fingerprint density at radius 1 is 1.06 bits per heavy atom. The van der Waals surface area contributed by atoms with Gasteiger partial charge in [-0.1, -0.05) is 12.1 Å². The van der Waals surface area contributed by atoms with Crippen LogP contribution >= 0.6 is 0 Å². The van der Waals surface area contributed by atoms with E-state index < -0.39 is 29.3 Å². The summed E-state index contributed by atoms with van der Waals surface area (Å²) >= 11 is 0. The second-order valence-corrected chi connectivity index (χ2v) is 7.57. The fourth-order valence-electron chi connectivity index (χ4n) is 3.87. The molecule has 1 atom stereocenters. The van der Waals surface area contributed by atoms with Crippen molar-refractivity contribution in [1.82, 2.24) is 4.90 Å². The number of likely N-dealkylation sites (tertiary alicyclic amines) is 1. The molecule has 1 aliphatic heterocycles. The van der Waals surface area contributed by atoms with Crippen LogP contribution in [0.5, 0.6) is 11.5 Å². The number of amides is 1. The van der Waals surface area contributed by atoms with Gasteiger partial charge in [0.1, 0.15) is 40.6 Å². The van der Waals surface area contributed by atoms with Gasteiger partial charge in [0.05, 0.1) is 25.4 Å². The third kappa shape index (κ3) is 4.07. The van der Waals surface area contributed by atoms with Crippen molar-refractivity contribution in [3.05, 3.63) is 88.6 Å². The van der Waals surface area contributed by atoms with Gasteiger partial charge in [0.2, 0.25) is 0 Å². The number of ketones is 1. The fraction of sp³-hybridized carbons (Fsp3) is 0.200. The molecule has 8 heteroatoms. The predicted molar refractivity (Wildman–Crippen MR) is 117 cm³/mol. The summed E-state index contributed by atoms with van der Waals surface area (Å²) in [5, 5.41) is 11.2. The number of benzene rings is 2. The monoisotopic (exact) mass is 451 g/mol. The van der Waals surface area contributed by atoms with Gasteiger partial charge < -0.3 is 23.9 Å². The highest BCUT2D eigenvalue weighted by molar-refractivity contribution is 6.46. The smallest absolute Gasteiger partial charge is 0.296 e. The van der Waals surface area contributed by atoms with Crippen molar-refractivity contribution in [2.45, 2.75) is 19.5 Å². The summed E-state index contributed by atoms with van der Waals surface area (Å²) in [6.07, 6.45) is 0. The molecule has 2 aromatic carbocycles. The highest BCUT2D eigenvalue weighted by atomic mass is 19.1. The first-order valence-electron chi connectivity index (χ1n) is 10.2. The number of furan rings is 1. The molecule has 0 aliphatic carbocycles. The van der Waals surface area contributed by atoms with Crippen LogP contribution in [0.4, 0.5) is 4.39 Å². The second-order valence-electron chi connectivity index (χ2n) is 7.57. The normalized spacial score (nSPS) is 17.5. The van der Waals surface area contributed by atoms with Crippen molar-refractivity contribution in [1.29, 1.82) is 0 Å². The van der Waals surface area contributed by atoms with Gasteiger partial charge in [-0.25, -0.2) is 4.39 Å². The number of aryl methyl sites for hydroxylation is 1. The van der Waals surface area contributed by atoms with E-state index in [9.17, 15) is 19.1 Å². The van der Waals surface area contributed by atoms with Crippen molar-refractivity contribution in [2.75, 3.05) is 14.2 Å². The summed E-state index contributed by atoms with van der Waals surface area (Å²) in [5.41, 5.74) is 0.722. The zero-order chi connectivity index (χ0) is 23.7. The molecule has 1 saturated heterocycles. The zero-order valence-corrected chi connectivity index (χ0v) is 18.3. The van der Waals surface area contributed by atoms with Crippen LogP contribution in [-0.4, -0.2) is 35.9 Å². The number of halogens is 1. The van der Waals surface area contributed by atoms with Gasteiger partial charge in [-0.05, 0) is 48.9 Å². The zero-order valence-electron chi connectivity index (χ0n) is 18.3. The quantitative estimate of drug-likeness (QED) is 0.340. The van der Waals surface area contributed by atoms with Crippen molar-refractivity contribution in [3.8, 4) is 11.5 Å². The van der Waals surface area contributed by atoms with E-state index in [4.69, 9.17) is 13.9 Å². The van der Waals surface area contributed by atoms with E-state index in [0.717, 1.165) is 0 Å². The highest BCUT2D eigenvalue weighted by Gasteiger charge is 2.47. The molecule has 1 aromatic heterocycles. The maximum absolute atomic E-state index is 13.4. The summed E-state index contributed by atoms with van der Waals surface area (Å²) in [5.74, 6) is -0.787. The summed E-state index contributed by atoms with van der Waals surface area (Å²) < 4.78 is 29.7. The Kier molecular flexibility index (Phi) is 5.91. The van der Waals surface area contributed by atoms with Gasteiger partial charge >= 0.3 is 0 Å². The summed E-state index contributed by atoms with van der Waals surface area (Å²) in [4.78, 5) is 27.4. The number of hydrogen-bond donors (Lipinski definition) is 1. The lowest BCUT2D eigenvalue weighted by molar-refractivity contribution is -0.140. The Labute approximate surface area is 189 Å². The van der Waals surface area contributed by atoms with Crippen LogP contribution in [0.25, 0.3) is 5.76 Å². The minimum atomic E-state index is -0.976. The third-order valence-corrected chi connectivity index (χ3v) is 5.50. The first kappa shape index (κ1) is 22.1. The topological polar surface area (TPSA) is 89.2 Å². The van der Waals surface area contributed by atoms with Crippen LogP contribution in [0.1, 0.15) is 28.7 Å². The molecule has 1 fully saturated rings. The van der Waals surface area contributed by atoms with Gasteiger partial charge in [0, 0.05) is 12.6 Å². The van der Waals surface area contributed by atoms with E-state index in [1.165, 1.54) is 43.4 Å². The van der Waals surface area contributed by atoms with Crippen LogP contribution in [0, 0.1) is 12.7 Å². The van der Waals surface area contributed by atoms with E-state index >= 15 is 0 Å². The molecule has 0 bridgehead atoms. The standard InChI is InChI=1S/C25H22FNO6/c1-14-4-11-19(33-14)22-21(23(28)18-10-9-17(31-2)12-20(18)32-3)24(29)25(30)27(22)13-15-5-7-16(26)8-6-15/h4-12,22,28H,13H2,1-3H3/b23-21-. The van der Waals surface area contributed by atoms with E-state index in [2.05, 4.69) is 0 Å². The molecular formula is C25H22FNO6. The molecule has 0 saturated carbocycles. The van der Waals surface area contributed by atoms with Crippen molar-refractivity contribution in [2.24, 2.45) is 0 Å². The SMILES string of the molecule is COc1ccc(/C(O)=C2/C(=O)C(=O)N(Cc3ccc(F)cc3)C2c2ccc(C)o2)c(OC)c1. The van der Waals surface area contributed by atoms with E-state index in [0.29, 0.717) is 22.8 Å². The molecule has 3 aromatic rings. The van der Waals surface area contributed by atoms with Crippen LogP contribution in [-0.2, 0) is 16.1 Å². The molecule has 1 N–H and O–H groups in total. The highest BCUT2D eigenvalue weighted by Crippen LogP contribution is 2.42. The average molecular weight is 451 g/mol. The molecule has 1 amide bonds. The first-order chi connectivity index (χ1) is 15.8. The van der Waals surface area contributed by atoms with Crippen molar-refractivity contribution < 1.29 is 33.0 Å². The van der Waals surface area contributed by atoms with Crippen LogP contribution in [0.15, 0.2) is 64.6 Å². The average Bonchev–Trinajstić information content (AvgIpc) is 3.35. The fourth-order valence-corrected chi connectivity index (χ4v) is 3.87. The lowest BCUT2D eigenvalue weighted by atomic mass is 9.98. The van der Waals surface area contributed by atoms with Gasteiger partial charge in [-0.3, -0.25) is 9.59 Å². The van der Waals surface area contributed by atoms with Crippen molar-refractivity contribution >= 4 is 17.4 Å². The third-order valence-electron chi connectivity index (χ3n) is 5.50. The lowest BCUT2D eigenvalue weighted by Gasteiger charge is -2.23. The first-order valence-corrected chi connectivity index (χ1v) is 10.2. The Morgan fingerprint density at radius 2 is 1.79 bits per heavy atom. The second kappa shape index (κ2) is 8.82. The number of methoxy groups -OCH3 is 2. The van der Waals surface area contributed by atoms with E-state index in [1.807, 2.05) is 0 Å². The Morgan fingerprint density at radius 3 is 2.39 bits per heavy atom. The molecule has 33 heavy (non-hydrogen) atoms. The number of aliphatic hydroxyl groups excluding tert-OH is 1. The van der Waals surface area contributed by atoms with Gasteiger partial charge in [-0.2, -0.15) is 0 Å². The molecule has 0 spiro atoms. The Hall–Kier alpha value is -4.07. The summed E-state index contributed by atoms with van der Waals surface area (Å²) in [6.45, 7) is 1.76. The number of rotatable bonds is 6. The minimum absolute atomic E-state index is 0.0196. The molecule has 1 unspecified atom stereocenters. The maximum Gasteiger partial charge on any atom is 0.296 e. The number of Topliss-reactive ketones (excluding diaryl/α,β-unsaturated/α-hetero) is 1. The number of carbonyl (C=O) groups excluding carboxylic acids is 2. The molecule has 1 aliphatic rings. The molecule has 170 valence electrons. The maximum atomic E-state index is 13.4. The lowest BCUT2D eigenvalue weighted by Crippen LogP contribution is -2.29. The molecule has 0 radical (unpaired) electrons. The number of carbonyl (C=O) groups is 2. The summed E-state index contributed by atoms with van der Waals surface area (Å²) in [7, 11) is 2.92. The molecule has 4 rings (SSSR count). The number of ether oxygens (including phenoxy) is 2. The molecular weight excluding hydrogens is 429 g/mol. The summed E-state index contributed by atoms with van der Waals surface area (Å²) in [6, 6.07) is 12.7. The minimum Gasteiger partial charge on any atom is -0.507 e. The number of aliphatic hydroxyl groups is 1. The van der Waals surface area contributed by atoms with Crippen LogP contribution in [0.3, 0.4) is 0 Å². The van der Waals surface area contributed by atoms with Crippen molar-refractivity contribution in [3.63, 3.8) is 0 Å². The van der Waals surface area contributed by atoms with Gasteiger partial charge in [-0.15, -0.1) is 0 Å².